The van der Waals surface area contributed by atoms with E-state index >= 15 is 0 Å². The van der Waals surface area contributed by atoms with Crippen molar-refractivity contribution in [1.82, 2.24) is 10.2 Å². The van der Waals surface area contributed by atoms with Crippen LogP contribution in [-0.4, -0.2) is 29.4 Å². The average molecular weight is 304 g/mol. The van der Waals surface area contributed by atoms with Gasteiger partial charge in [-0.25, -0.2) is 0 Å². The van der Waals surface area contributed by atoms with Crippen LogP contribution in [0.15, 0.2) is 24.3 Å². The predicted octanol–water partition coefficient (Wildman–Crippen LogP) is 3.72. The maximum absolute atomic E-state index is 12.2. The maximum Gasteiger partial charge on any atom is 0.237 e. The van der Waals surface area contributed by atoms with Gasteiger partial charge in [0.05, 0.1) is 6.04 Å². The molecule has 1 N–H and O–H groups in total. The van der Waals surface area contributed by atoms with E-state index in [1.165, 1.54) is 11.1 Å². The quantitative estimate of drug-likeness (QED) is 0.919. The van der Waals surface area contributed by atoms with Crippen LogP contribution in [0.4, 0.5) is 0 Å². The Balaban J connectivity index is 2.68. The molecule has 0 saturated carbocycles. The highest BCUT2D eigenvalue weighted by Crippen LogP contribution is 2.22. The highest BCUT2D eigenvalue weighted by atomic mass is 16.2. The average Bonchev–Trinajstić information content (AvgIpc) is 2.35. The molecule has 0 saturated heterocycles. The Morgan fingerprint density at radius 3 is 2.00 bits per heavy atom. The zero-order chi connectivity index (χ0) is 17.1. The Kier molecular flexibility index (Phi) is 5.80. The molecule has 1 aromatic rings. The number of rotatable bonds is 4. The van der Waals surface area contributed by atoms with Gasteiger partial charge in [0, 0.05) is 12.1 Å². The first kappa shape index (κ1) is 18.7. The van der Waals surface area contributed by atoms with Gasteiger partial charge in [0.2, 0.25) is 5.91 Å². The Morgan fingerprint density at radius 2 is 1.59 bits per heavy atom. The summed E-state index contributed by atoms with van der Waals surface area (Å²) >= 11 is 0. The van der Waals surface area contributed by atoms with Gasteiger partial charge >= 0.3 is 0 Å². The standard InChI is InChI=1S/C19H32N2O/c1-14(17(22)20-19(5,6)7)21(8)13-15-9-11-16(12-10-15)18(2,3)4/h9-12,14H,13H2,1-8H3,(H,20,22). The molecule has 1 atom stereocenters. The minimum Gasteiger partial charge on any atom is -0.350 e. The molecule has 1 amide bonds. The topological polar surface area (TPSA) is 32.3 Å². The van der Waals surface area contributed by atoms with E-state index in [0.717, 1.165) is 6.54 Å². The Bertz CT molecular complexity index is 492. The number of likely N-dealkylation sites (N-methyl/N-ethyl adjacent to an activating group) is 1. The minimum absolute atomic E-state index is 0.0707. The van der Waals surface area contributed by atoms with E-state index in [0.29, 0.717) is 0 Å². The van der Waals surface area contributed by atoms with Crippen molar-refractivity contribution in [3.8, 4) is 0 Å². The first-order valence-corrected chi connectivity index (χ1v) is 8.02. The molecule has 124 valence electrons. The van der Waals surface area contributed by atoms with Crippen LogP contribution >= 0.6 is 0 Å². The number of hydrogen-bond donors (Lipinski definition) is 1. The van der Waals surface area contributed by atoms with E-state index < -0.39 is 0 Å². The zero-order valence-corrected chi connectivity index (χ0v) is 15.4. The zero-order valence-electron chi connectivity index (χ0n) is 15.4. The molecule has 3 nitrogen and oxygen atoms in total. The van der Waals surface area contributed by atoms with E-state index in [1.54, 1.807) is 0 Å². The lowest BCUT2D eigenvalue weighted by atomic mass is 9.87. The van der Waals surface area contributed by atoms with E-state index in [9.17, 15) is 4.79 Å². The Morgan fingerprint density at radius 1 is 1.09 bits per heavy atom. The summed E-state index contributed by atoms with van der Waals surface area (Å²) in [7, 11) is 1.99. The molecule has 0 bridgehead atoms. The van der Waals surface area contributed by atoms with Crippen molar-refractivity contribution in [2.24, 2.45) is 0 Å². The SMILES string of the molecule is CC(C(=O)NC(C)(C)C)N(C)Cc1ccc(C(C)(C)C)cc1. The van der Waals surface area contributed by atoms with Crippen molar-refractivity contribution >= 4 is 5.91 Å². The largest absolute Gasteiger partial charge is 0.350 e. The van der Waals surface area contributed by atoms with Crippen LogP contribution in [0.2, 0.25) is 0 Å². The van der Waals surface area contributed by atoms with Gasteiger partial charge in [0.15, 0.2) is 0 Å². The maximum atomic E-state index is 12.2. The molecule has 0 fully saturated rings. The highest BCUT2D eigenvalue weighted by molar-refractivity contribution is 5.81. The second-order valence-corrected chi connectivity index (χ2v) is 8.28. The lowest BCUT2D eigenvalue weighted by Gasteiger charge is -2.28. The third kappa shape index (κ3) is 5.80. The summed E-state index contributed by atoms with van der Waals surface area (Å²) < 4.78 is 0. The lowest BCUT2D eigenvalue weighted by Crippen LogP contribution is -2.49. The van der Waals surface area contributed by atoms with Crippen molar-refractivity contribution in [3.63, 3.8) is 0 Å². The van der Waals surface area contributed by atoms with Crippen molar-refractivity contribution in [2.75, 3.05) is 7.05 Å². The molecule has 0 spiro atoms. The van der Waals surface area contributed by atoms with Crippen LogP contribution in [-0.2, 0) is 16.8 Å². The molecule has 0 aliphatic carbocycles. The number of amides is 1. The number of carbonyl (C=O) groups is 1. The fourth-order valence-corrected chi connectivity index (χ4v) is 2.21. The molecule has 1 aromatic carbocycles. The molecular weight excluding hydrogens is 272 g/mol. The van der Waals surface area contributed by atoms with Crippen molar-refractivity contribution in [2.45, 2.75) is 72.0 Å². The number of benzene rings is 1. The van der Waals surface area contributed by atoms with Gasteiger partial charge in [0.25, 0.3) is 0 Å². The molecule has 1 unspecified atom stereocenters. The van der Waals surface area contributed by atoms with Gasteiger partial charge < -0.3 is 5.32 Å². The summed E-state index contributed by atoms with van der Waals surface area (Å²) in [5.41, 5.74) is 2.54. The van der Waals surface area contributed by atoms with Crippen molar-refractivity contribution < 1.29 is 4.79 Å². The number of nitrogens with one attached hydrogen (secondary N) is 1. The van der Waals surface area contributed by atoms with Crippen molar-refractivity contribution in [1.29, 1.82) is 0 Å². The first-order chi connectivity index (χ1) is 9.90. The summed E-state index contributed by atoms with van der Waals surface area (Å²) in [6.07, 6.45) is 0. The molecule has 3 heteroatoms. The second kappa shape index (κ2) is 6.82. The van der Waals surface area contributed by atoms with Gasteiger partial charge in [-0.15, -0.1) is 0 Å². The summed E-state index contributed by atoms with van der Waals surface area (Å²) in [5.74, 6) is 0.0707. The van der Waals surface area contributed by atoms with Gasteiger partial charge in [0.1, 0.15) is 0 Å². The van der Waals surface area contributed by atoms with Gasteiger partial charge in [-0.2, -0.15) is 0 Å². The summed E-state index contributed by atoms with van der Waals surface area (Å²) in [6.45, 7) is 15.4. The van der Waals surface area contributed by atoms with E-state index in [2.05, 4.69) is 55.3 Å². The second-order valence-electron chi connectivity index (χ2n) is 8.28. The molecule has 0 radical (unpaired) electrons. The number of nitrogens with zero attached hydrogens (tertiary/aromatic N) is 1. The Hall–Kier alpha value is -1.35. The van der Waals surface area contributed by atoms with Crippen LogP contribution in [0.3, 0.4) is 0 Å². The van der Waals surface area contributed by atoms with Crippen LogP contribution in [0.1, 0.15) is 59.6 Å². The molecule has 22 heavy (non-hydrogen) atoms. The fourth-order valence-electron chi connectivity index (χ4n) is 2.21. The lowest BCUT2D eigenvalue weighted by molar-refractivity contribution is -0.127. The monoisotopic (exact) mass is 304 g/mol. The third-order valence-electron chi connectivity index (χ3n) is 3.79. The van der Waals surface area contributed by atoms with Gasteiger partial charge in [-0.05, 0) is 51.3 Å². The molecule has 0 heterocycles. The Labute approximate surface area is 136 Å². The molecule has 1 rings (SSSR count). The van der Waals surface area contributed by atoms with Crippen LogP contribution in [0, 0.1) is 0 Å². The normalized spacial score (nSPS) is 14.0. The third-order valence-corrected chi connectivity index (χ3v) is 3.79. The van der Waals surface area contributed by atoms with E-state index in [1.807, 2.05) is 34.7 Å². The van der Waals surface area contributed by atoms with Gasteiger partial charge in [-0.1, -0.05) is 45.0 Å². The van der Waals surface area contributed by atoms with Crippen LogP contribution < -0.4 is 5.32 Å². The fraction of sp³-hybridized carbons (Fsp3) is 0.632. The molecule has 0 aromatic heterocycles. The predicted molar refractivity (Wildman–Crippen MR) is 94.0 cm³/mol. The number of carbonyl (C=O) groups excluding carboxylic acids is 1. The first-order valence-electron chi connectivity index (χ1n) is 8.02. The highest BCUT2D eigenvalue weighted by Gasteiger charge is 2.22. The van der Waals surface area contributed by atoms with Crippen molar-refractivity contribution in [3.05, 3.63) is 35.4 Å². The van der Waals surface area contributed by atoms with Gasteiger partial charge in [-0.3, -0.25) is 9.69 Å². The molecule has 0 aliphatic rings. The molecular formula is C19H32N2O. The van der Waals surface area contributed by atoms with Crippen LogP contribution in [0.5, 0.6) is 0 Å². The van der Waals surface area contributed by atoms with Crippen LogP contribution in [0.25, 0.3) is 0 Å². The van der Waals surface area contributed by atoms with E-state index in [-0.39, 0.29) is 22.9 Å². The van der Waals surface area contributed by atoms with E-state index in [4.69, 9.17) is 0 Å². The number of hydrogen-bond acceptors (Lipinski definition) is 2. The summed E-state index contributed by atoms with van der Waals surface area (Å²) in [4.78, 5) is 14.3. The molecule has 0 aliphatic heterocycles. The summed E-state index contributed by atoms with van der Waals surface area (Å²) in [6, 6.07) is 8.53. The smallest absolute Gasteiger partial charge is 0.237 e. The minimum atomic E-state index is -0.194. The summed E-state index contributed by atoms with van der Waals surface area (Å²) in [5, 5.41) is 3.03.